The zero-order valence-electron chi connectivity index (χ0n) is 12.6. The van der Waals surface area contributed by atoms with Crippen molar-refractivity contribution in [2.75, 3.05) is 0 Å². The molecule has 6 nitrogen and oxygen atoms in total. The van der Waals surface area contributed by atoms with Crippen LogP contribution < -0.4 is 0 Å². The predicted molar refractivity (Wildman–Crippen MR) is 83.9 cm³/mol. The fourth-order valence-corrected chi connectivity index (χ4v) is 2.02. The molecule has 120 valence electrons. The highest BCUT2D eigenvalue weighted by Gasteiger charge is 2.55. The topological polar surface area (TPSA) is 72.8 Å². The minimum Gasteiger partial charge on any atom is -0.458 e. The molecule has 2 aromatic rings. The summed E-state index contributed by atoms with van der Waals surface area (Å²) in [6, 6.07) is 0. The van der Waals surface area contributed by atoms with Gasteiger partial charge in [0, 0.05) is 12.4 Å². The summed E-state index contributed by atoms with van der Waals surface area (Å²) in [6.07, 6.45) is 7.88. The maximum absolute atomic E-state index is 12.0. The summed E-state index contributed by atoms with van der Waals surface area (Å²) >= 11 is 11.2. The van der Waals surface area contributed by atoms with Gasteiger partial charge in [-0.1, -0.05) is 23.2 Å². The van der Waals surface area contributed by atoms with Crippen molar-refractivity contribution in [1.82, 2.24) is 20.0 Å². The van der Waals surface area contributed by atoms with E-state index in [9.17, 15) is 4.79 Å². The number of H-pyrrole nitrogens is 1. The number of hydrogen-bond acceptors (Lipinski definition) is 4. The first-order valence-electron chi connectivity index (χ1n) is 6.81. The molecule has 0 radical (unpaired) electrons. The van der Waals surface area contributed by atoms with Gasteiger partial charge in [-0.25, -0.2) is 4.79 Å². The van der Waals surface area contributed by atoms with E-state index in [2.05, 4.69) is 15.3 Å². The van der Waals surface area contributed by atoms with Gasteiger partial charge in [0.2, 0.25) is 0 Å². The van der Waals surface area contributed by atoms with Crippen molar-refractivity contribution in [2.45, 2.75) is 44.8 Å². The highest BCUT2D eigenvalue weighted by Crippen LogP contribution is 2.45. The van der Waals surface area contributed by atoms with E-state index in [1.807, 2.05) is 20.8 Å². The summed E-state index contributed by atoms with van der Waals surface area (Å²) in [6.45, 7) is 5.57. The van der Waals surface area contributed by atoms with Crippen LogP contribution in [0.3, 0.4) is 0 Å². The molecule has 0 bridgehead atoms. The Bertz CT molecular complexity index is 628. The Morgan fingerprint density at radius 2 is 2.00 bits per heavy atom. The molecule has 0 atom stereocenters. The number of rotatable bonds is 2. The van der Waals surface area contributed by atoms with Gasteiger partial charge in [0.25, 0.3) is 0 Å². The second-order valence-electron chi connectivity index (χ2n) is 6.05. The molecule has 1 saturated carbocycles. The standard InChI is InChI=1S/C11H15ClN2O2.C3H3ClN2/c1-10(2,3)16-9(15)11(4-5-11)14-7-8(12)6-13-14;4-3-1-5-6-2-3/h6-7H,4-5H2,1-3H3;1-2H,(H,5,6). The number of hydrogen-bond donors (Lipinski definition) is 1. The van der Waals surface area contributed by atoms with E-state index in [1.165, 1.54) is 6.20 Å². The summed E-state index contributed by atoms with van der Waals surface area (Å²) in [5.41, 5.74) is -1.08. The van der Waals surface area contributed by atoms with Crippen LogP contribution in [0.4, 0.5) is 0 Å². The van der Waals surface area contributed by atoms with Gasteiger partial charge in [-0.2, -0.15) is 10.2 Å². The lowest BCUT2D eigenvalue weighted by molar-refractivity contribution is -0.161. The highest BCUT2D eigenvalue weighted by atomic mass is 35.5. The van der Waals surface area contributed by atoms with Gasteiger partial charge < -0.3 is 4.74 Å². The highest BCUT2D eigenvalue weighted by molar-refractivity contribution is 6.30. The Morgan fingerprint density at radius 1 is 1.32 bits per heavy atom. The van der Waals surface area contributed by atoms with Crippen molar-refractivity contribution in [2.24, 2.45) is 0 Å². The molecular formula is C14H18Cl2N4O2. The van der Waals surface area contributed by atoms with Crippen LogP contribution in [0.2, 0.25) is 10.0 Å². The predicted octanol–water partition coefficient (Wildman–Crippen LogP) is 3.43. The lowest BCUT2D eigenvalue weighted by Gasteiger charge is -2.23. The van der Waals surface area contributed by atoms with Gasteiger partial charge in [-0.3, -0.25) is 9.78 Å². The Balaban J connectivity index is 0.000000246. The molecule has 2 heterocycles. The third-order valence-corrected chi connectivity index (χ3v) is 3.36. The largest absolute Gasteiger partial charge is 0.458 e. The smallest absolute Gasteiger partial charge is 0.334 e. The molecule has 0 amide bonds. The Hall–Kier alpha value is -1.53. The molecule has 1 aliphatic carbocycles. The molecule has 1 fully saturated rings. The van der Waals surface area contributed by atoms with Crippen molar-refractivity contribution < 1.29 is 9.53 Å². The maximum atomic E-state index is 12.0. The first-order chi connectivity index (χ1) is 10.2. The lowest BCUT2D eigenvalue weighted by Crippen LogP contribution is -2.35. The van der Waals surface area contributed by atoms with E-state index in [-0.39, 0.29) is 5.97 Å². The number of halogens is 2. The van der Waals surface area contributed by atoms with E-state index in [4.69, 9.17) is 27.9 Å². The van der Waals surface area contributed by atoms with Crippen molar-refractivity contribution >= 4 is 29.2 Å². The van der Waals surface area contributed by atoms with Crippen LogP contribution >= 0.6 is 23.2 Å². The molecule has 0 aromatic carbocycles. The van der Waals surface area contributed by atoms with Gasteiger partial charge in [-0.05, 0) is 33.6 Å². The van der Waals surface area contributed by atoms with Gasteiger partial charge >= 0.3 is 5.97 Å². The number of ether oxygens (including phenoxy) is 1. The average molecular weight is 345 g/mol. The fourth-order valence-electron chi connectivity index (χ4n) is 1.79. The monoisotopic (exact) mass is 344 g/mol. The summed E-state index contributed by atoms with van der Waals surface area (Å²) < 4.78 is 7.00. The maximum Gasteiger partial charge on any atom is 0.334 e. The zero-order chi connectivity index (χ0) is 16.4. The van der Waals surface area contributed by atoms with Gasteiger partial charge in [-0.15, -0.1) is 0 Å². The summed E-state index contributed by atoms with van der Waals surface area (Å²) in [5.74, 6) is -0.222. The van der Waals surface area contributed by atoms with Crippen LogP contribution in [-0.2, 0) is 15.1 Å². The number of carbonyl (C=O) groups is 1. The van der Waals surface area contributed by atoms with Crippen molar-refractivity contribution in [1.29, 1.82) is 0 Å². The molecule has 1 N–H and O–H groups in total. The van der Waals surface area contributed by atoms with E-state index in [0.29, 0.717) is 10.0 Å². The minimum atomic E-state index is -0.611. The molecular weight excluding hydrogens is 327 g/mol. The Labute approximate surface area is 138 Å². The Kier molecular flexibility index (Phi) is 4.82. The van der Waals surface area contributed by atoms with E-state index < -0.39 is 11.1 Å². The molecule has 8 heteroatoms. The van der Waals surface area contributed by atoms with Crippen LogP contribution in [0.5, 0.6) is 0 Å². The molecule has 2 aromatic heterocycles. The van der Waals surface area contributed by atoms with Crippen LogP contribution in [0.25, 0.3) is 0 Å². The van der Waals surface area contributed by atoms with Crippen molar-refractivity contribution in [3.05, 3.63) is 34.8 Å². The molecule has 3 rings (SSSR count). The van der Waals surface area contributed by atoms with E-state index in [1.54, 1.807) is 23.3 Å². The normalized spacial score (nSPS) is 15.7. The quantitative estimate of drug-likeness (QED) is 0.847. The first kappa shape index (κ1) is 16.8. The average Bonchev–Trinajstić information content (AvgIpc) is 2.88. The molecule has 0 spiro atoms. The molecule has 0 aliphatic heterocycles. The molecule has 0 unspecified atom stereocenters. The van der Waals surface area contributed by atoms with Crippen LogP contribution in [0, 0.1) is 0 Å². The number of nitrogens with one attached hydrogen (secondary N) is 1. The molecule has 1 aliphatic rings. The molecule has 22 heavy (non-hydrogen) atoms. The Morgan fingerprint density at radius 3 is 2.32 bits per heavy atom. The van der Waals surface area contributed by atoms with Crippen LogP contribution in [-0.4, -0.2) is 31.5 Å². The number of nitrogens with zero attached hydrogens (tertiary/aromatic N) is 3. The number of aromatic nitrogens is 4. The summed E-state index contributed by atoms with van der Waals surface area (Å²) in [4.78, 5) is 12.0. The van der Waals surface area contributed by atoms with Crippen molar-refractivity contribution in [3.8, 4) is 0 Å². The van der Waals surface area contributed by atoms with Gasteiger partial charge in [0.05, 0.1) is 22.4 Å². The zero-order valence-corrected chi connectivity index (χ0v) is 14.1. The second kappa shape index (κ2) is 6.30. The molecule has 0 saturated heterocycles. The van der Waals surface area contributed by atoms with E-state index in [0.717, 1.165) is 12.8 Å². The van der Waals surface area contributed by atoms with Crippen LogP contribution in [0.1, 0.15) is 33.6 Å². The lowest BCUT2D eigenvalue weighted by atomic mass is 10.2. The third kappa shape index (κ3) is 4.24. The minimum absolute atomic E-state index is 0.222. The first-order valence-corrected chi connectivity index (χ1v) is 7.57. The number of carbonyl (C=O) groups excluding carboxylic acids is 1. The number of esters is 1. The third-order valence-electron chi connectivity index (χ3n) is 2.96. The SMILES string of the molecule is CC(C)(C)OC(=O)C1(n2cc(Cl)cn2)CC1.Clc1cn[nH]c1. The van der Waals surface area contributed by atoms with Crippen molar-refractivity contribution in [3.63, 3.8) is 0 Å². The van der Waals surface area contributed by atoms with Gasteiger partial charge in [0.15, 0.2) is 5.54 Å². The second-order valence-corrected chi connectivity index (χ2v) is 6.93. The van der Waals surface area contributed by atoms with Gasteiger partial charge in [0.1, 0.15) is 5.60 Å². The summed E-state index contributed by atoms with van der Waals surface area (Å²) in [7, 11) is 0. The van der Waals surface area contributed by atoms with Crippen LogP contribution in [0.15, 0.2) is 24.8 Å². The number of aromatic amines is 1. The van der Waals surface area contributed by atoms with E-state index >= 15 is 0 Å². The summed E-state index contributed by atoms with van der Waals surface area (Å²) in [5, 5.41) is 11.4. The fraction of sp³-hybridized carbons (Fsp3) is 0.500.